The Kier molecular flexibility index (Phi) is 6.33. The number of aryl methyl sites for hydroxylation is 1. The Morgan fingerprint density at radius 3 is 2.78 bits per heavy atom. The number of ether oxygens (including phenoxy) is 1. The van der Waals surface area contributed by atoms with E-state index in [2.05, 4.69) is 52.8 Å². The molecule has 0 saturated carbocycles. The first-order valence-electron chi connectivity index (χ1n) is 8.71. The number of rotatable bonds is 7. The van der Waals surface area contributed by atoms with Crippen molar-refractivity contribution in [3.8, 4) is 11.1 Å². The van der Waals surface area contributed by atoms with Crippen molar-refractivity contribution in [2.75, 3.05) is 12.0 Å². The minimum Gasteiger partial charge on any atom is -0.466 e. The molecule has 0 amide bonds. The molecule has 0 bridgehead atoms. The van der Waals surface area contributed by atoms with Gasteiger partial charge in [-0.1, -0.05) is 54.1 Å². The Morgan fingerprint density at radius 2 is 2.00 bits per heavy atom. The van der Waals surface area contributed by atoms with Crippen LogP contribution in [-0.2, 0) is 16.0 Å². The van der Waals surface area contributed by atoms with E-state index in [1.807, 2.05) is 23.6 Å². The summed E-state index contributed by atoms with van der Waals surface area (Å²) in [7, 11) is 0. The highest BCUT2D eigenvalue weighted by Gasteiger charge is 2.08. The third-order valence-corrected chi connectivity index (χ3v) is 4.67. The average molecular weight is 379 g/mol. The number of thiazole rings is 1. The molecule has 0 aliphatic rings. The summed E-state index contributed by atoms with van der Waals surface area (Å²) >= 11 is 1.40. The summed E-state index contributed by atoms with van der Waals surface area (Å²) in [5.41, 5.74) is 8.11. The lowest BCUT2D eigenvalue weighted by molar-refractivity contribution is -0.142. The number of anilines is 1. The molecule has 5 nitrogen and oxygen atoms in total. The molecule has 1 aromatic heterocycles. The van der Waals surface area contributed by atoms with Gasteiger partial charge in [-0.15, -0.1) is 11.3 Å². The van der Waals surface area contributed by atoms with Crippen molar-refractivity contribution >= 4 is 28.7 Å². The normalized spacial score (nSPS) is 10.9. The van der Waals surface area contributed by atoms with Crippen molar-refractivity contribution < 1.29 is 9.53 Å². The molecule has 0 radical (unpaired) electrons. The van der Waals surface area contributed by atoms with E-state index in [-0.39, 0.29) is 12.4 Å². The van der Waals surface area contributed by atoms with E-state index in [0.717, 1.165) is 16.7 Å². The van der Waals surface area contributed by atoms with Gasteiger partial charge < -0.3 is 4.74 Å². The molecule has 27 heavy (non-hydrogen) atoms. The van der Waals surface area contributed by atoms with Crippen molar-refractivity contribution in [1.29, 1.82) is 0 Å². The maximum Gasteiger partial charge on any atom is 0.311 e. The molecule has 0 aliphatic heterocycles. The summed E-state index contributed by atoms with van der Waals surface area (Å²) in [5.74, 6) is -0.273. The summed E-state index contributed by atoms with van der Waals surface area (Å²) in [6.07, 6.45) is 1.95. The highest BCUT2D eigenvalue weighted by Crippen LogP contribution is 2.23. The number of benzene rings is 2. The predicted octanol–water partition coefficient (Wildman–Crippen LogP) is 4.67. The van der Waals surface area contributed by atoms with E-state index in [9.17, 15) is 4.79 Å². The predicted molar refractivity (Wildman–Crippen MR) is 110 cm³/mol. The standard InChI is InChI=1S/C21H21N3O2S/c1-3-26-20(25)12-18-14-27-21(23-18)24-22-13-17-6-4-5-7-19(17)16-10-8-15(2)9-11-16/h4-11,13-14H,3,12H2,1-2H3,(H,23,24). The van der Waals surface area contributed by atoms with Gasteiger partial charge in [0.25, 0.3) is 0 Å². The third kappa shape index (κ3) is 5.24. The van der Waals surface area contributed by atoms with Crippen molar-refractivity contribution in [3.05, 3.63) is 70.7 Å². The highest BCUT2D eigenvalue weighted by atomic mass is 32.1. The summed E-state index contributed by atoms with van der Waals surface area (Å²) in [5, 5.41) is 6.77. The summed E-state index contributed by atoms with van der Waals surface area (Å²) in [4.78, 5) is 15.9. The van der Waals surface area contributed by atoms with E-state index in [1.54, 1.807) is 13.1 Å². The van der Waals surface area contributed by atoms with Crippen LogP contribution in [0.4, 0.5) is 5.13 Å². The molecule has 0 unspecified atom stereocenters. The number of carbonyl (C=O) groups excluding carboxylic acids is 1. The SMILES string of the molecule is CCOC(=O)Cc1csc(NN=Cc2ccccc2-c2ccc(C)cc2)n1. The molecule has 3 aromatic rings. The van der Waals surface area contributed by atoms with Crippen LogP contribution in [0.2, 0.25) is 0 Å². The first-order chi connectivity index (χ1) is 13.2. The van der Waals surface area contributed by atoms with E-state index >= 15 is 0 Å². The fraction of sp³-hybridized carbons (Fsp3) is 0.190. The van der Waals surface area contributed by atoms with E-state index in [1.165, 1.54) is 16.9 Å². The van der Waals surface area contributed by atoms with Gasteiger partial charge in [0.05, 0.1) is 24.9 Å². The minimum absolute atomic E-state index is 0.173. The lowest BCUT2D eigenvalue weighted by Gasteiger charge is -2.06. The van der Waals surface area contributed by atoms with E-state index in [4.69, 9.17) is 4.74 Å². The molecular formula is C21H21N3O2S. The van der Waals surface area contributed by atoms with Crippen LogP contribution in [-0.4, -0.2) is 23.8 Å². The molecule has 138 valence electrons. The zero-order valence-electron chi connectivity index (χ0n) is 15.3. The molecule has 0 aliphatic carbocycles. The highest BCUT2D eigenvalue weighted by molar-refractivity contribution is 7.13. The molecule has 0 spiro atoms. The second kappa shape index (κ2) is 9.09. The molecule has 0 fully saturated rings. The van der Waals surface area contributed by atoms with Crippen LogP contribution in [0.3, 0.4) is 0 Å². The largest absolute Gasteiger partial charge is 0.466 e. The fourth-order valence-corrected chi connectivity index (χ4v) is 3.22. The number of carbonyl (C=O) groups is 1. The summed E-state index contributed by atoms with van der Waals surface area (Å²) in [6.45, 7) is 4.24. The Morgan fingerprint density at radius 1 is 1.22 bits per heavy atom. The molecule has 1 heterocycles. The van der Waals surface area contributed by atoms with Crippen LogP contribution < -0.4 is 5.43 Å². The number of hydrogen-bond acceptors (Lipinski definition) is 6. The second-order valence-electron chi connectivity index (χ2n) is 5.95. The van der Waals surface area contributed by atoms with E-state index < -0.39 is 0 Å². The number of hydrazone groups is 1. The Labute approximate surface area is 162 Å². The van der Waals surface area contributed by atoms with Crippen molar-refractivity contribution in [1.82, 2.24) is 4.98 Å². The topological polar surface area (TPSA) is 63.6 Å². The first kappa shape index (κ1) is 18.8. The molecule has 2 aromatic carbocycles. The summed E-state index contributed by atoms with van der Waals surface area (Å²) < 4.78 is 4.93. The lowest BCUT2D eigenvalue weighted by atomic mass is 9.99. The Hall–Kier alpha value is -2.99. The Balaban J connectivity index is 1.68. The Bertz CT molecular complexity index is 933. The van der Waals surface area contributed by atoms with Gasteiger partial charge >= 0.3 is 5.97 Å². The lowest BCUT2D eigenvalue weighted by Crippen LogP contribution is -2.07. The van der Waals surface area contributed by atoms with E-state index in [0.29, 0.717) is 17.4 Å². The van der Waals surface area contributed by atoms with Crippen LogP contribution in [0.15, 0.2) is 59.0 Å². The summed E-state index contributed by atoms with van der Waals surface area (Å²) in [6, 6.07) is 16.5. The van der Waals surface area contributed by atoms with Crippen LogP contribution in [0.25, 0.3) is 11.1 Å². The third-order valence-electron chi connectivity index (χ3n) is 3.87. The molecule has 0 saturated heterocycles. The average Bonchev–Trinajstić information content (AvgIpc) is 3.10. The van der Waals surface area contributed by atoms with Crippen LogP contribution >= 0.6 is 11.3 Å². The van der Waals surface area contributed by atoms with Crippen molar-refractivity contribution in [2.24, 2.45) is 5.10 Å². The molecule has 0 atom stereocenters. The van der Waals surface area contributed by atoms with Gasteiger partial charge in [-0.05, 0) is 25.0 Å². The van der Waals surface area contributed by atoms with Crippen molar-refractivity contribution in [2.45, 2.75) is 20.3 Å². The quantitative estimate of drug-likeness (QED) is 0.368. The van der Waals surface area contributed by atoms with Gasteiger partial charge in [-0.25, -0.2) is 4.98 Å². The number of aromatic nitrogens is 1. The van der Waals surface area contributed by atoms with Gasteiger partial charge in [0.15, 0.2) is 0 Å². The molecule has 3 rings (SSSR count). The zero-order valence-corrected chi connectivity index (χ0v) is 16.1. The smallest absolute Gasteiger partial charge is 0.311 e. The fourth-order valence-electron chi connectivity index (χ4n) is 2.56. The molecule has 1 N–H and O–H groups in total. The minimum atomic E-state index is -0.273. The van der Waals surface area contributed by atoms with Gasteiger partial charge in [0, 0.05) is 10.9 Å². The van der Waals surface area contributed by atoms with Gasteiger partial charge in [-0.3, -0.25) is 10.2 Å². The van der Waals surface area contributed by atoms with Crippen LogP contribution in [0.1, 0.15) is 23.7 Å². The molecular weight excluding hydrogens is 358 g/mol. The number of nitrogens with one attached hydrogen (secondary N) is 1. The molecule has 6 heteroatoms. The van der Waals surface area contributed by atoms with Crippen LogP contribution in [0, 0.1) is 6.92 Å². The number of nitrogens with zero attached hydrogens (tertiary/aromatic N) is 2. The second-order valence-corrected chi connectivity index (χ2v) is 6.81. The maximum absolute atomic E-state index is 11.5. The monoisotopic (exact) mass is 379 g/mol. The van der Waals surface area contributed by atoms with Crippen molar-refractivity contribution in [3.63, 3.8) is 0 Å². The van der Waals surface area contributed by atoms with Gasteiger partial charge in [0.1, 0.15) is 0 Å². The maximum atomic E-state index is 11.5. The first-order valence-corrected chi connectivity index (χ1v) is 9.59. The zero-order chi connectivity index (χ0) is 19.1. The number of esters is 1. The number of hydrogen-bond donors (Lipinski definition) is 1. The van der Waals surface area contributed by atoms with Crippen LogP contribution in [0.5, 0.6) is 0 Å². The van der Waals surface area contributed by atoms with Gasteiger partial charge in [0.2, 0.25) is 5.13 Å². The van der Waals surface area contributed by atoms with Gasteiger partial charge in [-0.2, -0.15) is 5.10 Å².